The Kier molecular flexibility index (Phi) is 5.89. The van der Waals surface area contributed by atoms with E-state index in [0.717, 1.165) is 46.9 Å². The number of imidazole rings is 2. The van der Waals surface area contributed by atoms with E-state index >= 15 is 4.39 Å². The van der Waals surface area contributed by atoms with E-state index in [2.05, 4.69) is 41.5 Å². The lowest BCUT2D eigenvalue weighted by Gasteiger charge is -2.11. The summed E-state index contributed by atoms with van der Waals surface area (Å²) < 4.78 is 17.1. The maximum absolute atomic E-state index is 15.3. The Balaban J connectivity index is 1.23. The molecule has 196 valence electrons. The summed E-state index contributed by atoms with van der Waals surface area (Å²) in [7, 11) is 0. The first kappa shape index (κ1) is 23.7. The van der Waals surface area contributed by atoms with Crippen LogP contribution in [0, 0.1) is 18.7 Å². The van der Waals surface area contributed by atoms with Crippen molar-refractivity contribution in [1.82, 2.24) is 45.0 Å². The van der Waals surface area contributed by atoms with E-state index in [-0.39, 0.29) is 5.52 Å². The van der Waals surface area contributed by atoms with Crippen LogP contribution in [0.25, 0.3) is 50.4 Å². The molecular formula is C29H28FN9. The van der Waals surface area contributed by atoms with Crippen LogP contribution < -0.4 is 5.32 Å². The molecule has 1 fully saturated rings. The molecule has 0 saturated heterocycles. The second-order valence-corrected chi connectivity index (χ2v) is 10.4. The molecule has 0 radical (unpaired) electrons. The molecule has 10 heteroatoms. The van der Waals surface area contributed by atoms with Crippen molar-refractivity contribution in [2.24, 2.45) is 5.92 Å². The maximum Gasteiger partial charge on any atom is 0.166 e. The van der Waals surface area contributed by atoms with Crippen LogP contribution in [0.5, 0.6) is 0 Å². The second-order valence-electron chi connectivity index (χ2n) is 10.4. The minimum atomic E-state index is -0.401. The predicted octanol–water partition coefficient (Wildman–Crippen LogP) is 5.48. The first-order chi connectivity index (χ1) is 19.1. The molecular weight excluding hydrogens is 493 g/mol. The highest BCUT2D eigenvalue weighted by atomic mass is 19.1. The van der Waals surface area contributed by atoms with Gasteiger partial charge < -0.3 is 10.3 Å². The highest BCUT2D eigenvalue weighted by molar-refractivity contribution is 5.96. The Hall–Kier alpha value is -4.44. The third-order valence-corrected chi connectivity index (χ3v) is 7.55. The van der Waals surface area contributed by atoms with Gasteiger partial charge in [-0.15, -0.1) is 0 Å². The maximum atomic E-state index is 15.3. The van der Waals surface area contributed by atoms with Crippen molar-refractivity contribution < 1.29 is 4.39 Å². The van der Waals surface area contributed by atoms with E-state index in [9.17, 15) is 0 Å². The third kappa shape index (κ3) is 4.46. The highest BCUT2D eigenvalue weighted by Crippen LogP contribution is 2.33. The number of nitrogens with one attached hydrogen (secondary N) is 3. The van der Waals surface area contributed by atoms with Crippen LogP contribution in [0.2, 0.25) is 0 Å². The number of aromatic nitrogens is 8. The number of fused-ring (bicyclic) bond motifs is 2. The average molecular weight is 522 g/mol. The number of aryl methyl sites for hydroxylation is 1. The Labute approximate surface area is 223 Å². The monoisotopic (exact) mass is 521 g/mol. The lowest BCUT2D eigenvalue weighted by Crippen LogP contribution is -2.20. The van der Waals surface area contributed by atoms with Gasteiger partial charge in [-0.3, -0.25) is 14.6 Å². The van der Waals surface area contributed by atoms with Crippen molar-refractivity contribution >= 4 is 21.9 Å². The molecule has 7 rings (SSSR count). The van der Waals surface area contributed by atoms with Gasteiger partial charge in [0, 0.05) is 42.3 Å². The zero-order valence-corrected chi connectivity index (χ0v) is 21.6. The molecule has 5 heterocycles. The number of aromatic amines is 2. The van der Waals surface area contributed by atoms with Gasteiger partial charge in [0.25, 0.3) is 0 Å². The molecule has 0 unspecified atom stereocenters. The van der Waals surface area contributed by atoms with Crippen molar-refractivity contribution in [3.8, 4) is 28.5 Å². The molecule has 39 heavy (non-hydrogen) atoms. The first-order valence-corrected chi connectivity index (χ1v) is 13.3. The topological polar surface area (TPSA) is 113 Å². The molecule has 0 atom stereocenters. The Bertz CT molecular complexity index is 1790. The van der Waals surface area contributed by atoms with Crippen molar-refractivity contribution in [3.05, 3.63) is 72.5 Å². The molecule has 0 amide bonds. The molecule has 0 spiro atoms. The molecule has 1 aliphatic carbocycles. The summed E-state index contributed by atoms with van der Waals surface area (Å²) in [6.07, 6.45) is 14.3. The number of pyridine rings is 2. The molecule has 1 aliphatic rings. The number of benzene rings is 1. The number of H-pyrrole nitrogens is 2. The predicted molar refractivity (Wildman–Crippen MR) is 148 cm³/mol. The van der Waals surface area contributed by atoms with Crippen molar-refractivity contribution in [3.63, 3.8) is 0 Å². The van der Waals surface area contributed by atoms with E-state index < -0.39 is 5.82 Å². The standard InChI is InChI=1S/C29H28FN9/c1-17-15-39(16-34-17)29-27-24(6-7-33-29)35-28(36-27)26-22-9-20(10-23(30)25(22)37-38-26)21-8-19(13-32-14-21)12-31-11-18-4-2-3-5-18/h6-10,13-16,18,31H,2-5,11-12H2,1H3,(H,35,36)(H,37,38). The van der Waals surface area contributed by atoms with Gasteiger partial charge in [-0.05, 0) is 67.6 Å². The van der Waals surface area contributed by atoms with E-state index in [1.807, 2.05) is 36.0 Å². The van der Waals surface area contributed by atoms with Crippen LogP contribution in [0.3, 0.4) is 0 Å². The van der Waals surface area contributed by atoms with E-state index in [0.29, 0.717) is 28.2 Å². The summed E-state index contributed by atoms with van der Waals surface area (Å²) in [6, 6.07) is 7.39. The fourth-order valence-corrected chi connectivity index (χ4v) is 5.57. The van der Waals surface area contributed by atoms with E-state index in [4.69, 9.17) is 4.98 Å². The fraction of sp³-hybridized carbons (Fsp3) is 0.276. The summed E-state index contributed by atoms with van der Waals surface area (Å²) in [6.45, 7) is 3.69. The van der Waals surface area contributed by atoms with Gasteiger partial charge in [-0.1, -0.05) is 12.8 Å². The van der Waals surface area contributed by atoms with Crippen LogP contribution in [-0.2, 0) is 6.54 Å². The normalized spacial score (nSPS) is 14.2. The molecule has 0 bridgehead atoms. The summed E-state index contributed by atoms with van der Waals surface area (Å²) in [5.74, 6) is 1.59. The van der Waals surface area contributed by atoms with Crippen LogP contribution in [0.4, 0.5) is 4.39 Å². The van der Waals surface area contributed by atoms with E-state index in [1.165, 1.54) is 31.7 Å². The number of hydrogen-bond donors (Lipinski definition) is 3. The van der Waals surface area contributed by atoms with Gasteiger partial charge in [0.2, 0.25) is 0 Å². The van der Waals surface area contributed by atoms with Crippen LogP contribution in [-0.4, -0.2) is 46.2 Å². The lowest BCUT2D eigenvalue weighted by atomic mass is 10.0. The summed E-state index contributed by atoms with van der Waals surface area (Å²) in [4.78, 5) is 21.4. The Morgan fingerprint density at radius 2 is 1.97 bits per heavy atom. The van der Waals surface area contributed by atoms with Crippen LogP contribution in [0.15, 0.2) is 55.4 Å². The molecule has 0 aliphatic heterocycles. The third-order valence-electron chi connectivity index (χ3n) is 7.55. The van der Waals surface area contributed by atoms with E-state index in [1.54, 1.807) is 18.7 Å². The van der Waals surface area contributed by atoms with Crippen LogP contribution >= 0.6 is 0 Å². The quantitative estimate of drug-likeness (QED) is 0.257. The largest absolute Gasteiger partial charge is 0.336 e. The smallest absolute Gasteiger partial charge is 0.166 e. The molecule has 6 aromatic rings. The van der Waals surface area contributed by atoms with Gasteiger partial charge in [0.05, 0.1) is 11.2 Å². The van der Waals surface area contributed by atoms with Gasteiger partial charge in [0.15, 0.2) is 17.5 Å². The second kappa shape index (κ2) is 9.70. The van der Waals surface area contributed by atoms with Crippen molar-refractivity contribution in [1.29, 1.82) is 0 Å². The Morgan fingerprint density at radius 3 is 2.82 bits per heavy atom. The van der Waals surface area contributed by atoms with Gasteiger partial charge in [-0.2, -0.15) is 5.10 Å². The SMILES string of the molecule is Cc1cn(-c2nccc3[nH]c(-c4[nH]nc5c(F)cc(-c6cncc(CNCC7CCCC7)c6)cc45)nc23)cn1. The summed E-state index contributed by atoms with van der Waals surface area (Å²) in [5, 5.41) is 11.5. The zero-order valence-electron chi connectivity index (χ0n) is 21.6. The van der Waals surface area contributed by atoms with Gasteiger partial charge in [-0.25, -0.2) is 19.3 Å². The molecule has 5 aromatic heterocycles. The number of hydrogen-bond acceptors (Lipinski definition) is 6. The van der Waals surface area contributed by atoms with Crippen molar-refractivity contribution in [2.45, 2.75) is 39.2 Å². The van der Waals surface area contributed by atoms with Crippen LogP contribution in [0.1, 0.15) is 36.9 Å². The number of nitrogens with zero attached hydrogens (tertiary/aromatic N) is 6. The Morgan fingerprint density at radius 1 is 1.08 bits per heavy atom. The van der Waals surface area contributed by atoms with Gasteiger partial charge in [0.1, 0.15) is 23.1 Å². The fourth-order valence-electron chi connectivity index (χ4n) is 5.57. The summed E-state index contributed by atoms with van der Waals surface area (Å²) >= 11 is 0. The average Bonchev–Trinajstić information content (AvgIpc) is 3.75. The minimum Gasteiger partial charge on any atom is -0.336 e. The highest BCUT2D eigenvalue weighted by Gasteiger charge is 2.19. The molecule has 1 aromatic carbocycles. The lowest BCUT2D eigenvalue weighted by molar-refractivity contribution is 0.489. The summed E-state index contributed by atoms with van der Waals surface area (Å²) in [5.41, 5.74) is 5.92. The number of halogens is 1. The number of rotatable bonds is 7. The molecule has 1 saturated carbocycles. The van der Waals surface area contributed by atoms with Crippen molar-refractivity contribution in [2.75, 3.05) is 6.54 Å². The first-order valence-electron chi connectivity index (χ1n) is 13.3. The molecule has 3 N–H and O–H groups in total. The zero-order chi connectivity index (χ0) is 26.3. The van der Waals surface area contributed by atoms with Gasteiger partial charge >= 0.3 is 0 Å². The molecule has 9 nitrogen and oxygen atoms in total. The minimum absolute atomic E-state index is 0.264.